The van der Waals surface area contributed by atoms with Gasteiger partial charge in [-0.1, -0.05) is 140 Å². The zero-order chi connectivity index (χ0) is 31.2. The van der Waals surface area contributed by atoms with Gasteiger partial charge in [0, 0.05) is 33.0 Å². The predicted octanol–water partition coefficient (Wildman–Crippen LogP) is 11.3. The van der Waals surface area contributed by atoms with E-state index in [4.69, 9.17) is 19.4 Å². The van der Waals surface area contributed by atoms with Gasteiger partial charge in [0.1, 0.15) is 11.2 Å². The number of para-hydroxylation sites is 2. The normalized spacial score (nSPS) is 11.4. The largest absolute Gasteiger partial charge is 0.455 e. The molecule has 6 aromatic carbocycles. The zero-order valence-corrected chi connectivity index (χ0v) is 25.3. The first-order valence-electron chi connectivity index (χ1n) is 15.7. The SMILES string of the molecule is c1ccc(-c2ccc(-c3cc(-c4ccccc4)nc(-c4ccc(-c5nc6ccccc6c6oc7ccccc7c56)cc4)n3)cc2)cc1. The Morgan fingerprint density at radius 1 is 0.383 bits per heavy atom. The van der Waals surface area contributed by atoms with Crippen molar-refractivity contribution in [2.45, 2.75) is 0 Å². The van der Waals surface area contributed by atoms with Crippen LogP contribution in [0.4, 0.5) is 0 Å². The molecule has 0 amide bonds. The highest BCUT2D eigenvalue weighted by Crippen LogP contribution is 2.39. The Bertz CT molecular complexity index is 2540. The lowest BCUT2D eigenvalue weighted by Gasteiger charge is -2.11. The van der Waals surface area contributed by atoms with Crippen LogP contribution in [0.5, 0.6) is 0 Å². The number of furan rings is 1. The van der Waals surface area contributed by atoms with E-state index in [1.54, 1.807) is 0 Å². The van der Waals surface area contributed by atoms with Crippen LogP contribution in [0.3, 0.4) is 0 Å². The van der Waals surface area contributed by atoms with Crippen molar-refractivity contribution >= 4 is 32.8 Å². The topological polar surface area (TPSA) is 51.8 Å². The van der Waals surface area contributed by atoms with Gasteiger partial charge in [0.05, 0.1) is 28.0 Å². The summed E-state index contributed by atoms with van der Waals surface area (Å²) in [6, 6.07) is 56.1. The third-order valence-corrected chi connectivity index (χ3v) is 8.71. The van der Waals surface area contributed by atoms with E-state index in [0.717, 1.165) is 72.2 Å². The number of hydrogen-bond acceptors (Lipinski definition) is 4. The summed E-state index contributed by atoms with van der Waals surface area (Å²) in [5.41, 5.74) is 11.7. The molecule has 0 saturated carbocycles. The number of benzene rings is 6. The molecule has 4 nitrogen and oxygen atoms in total. The Kier molecular flexibility index (Phi) is 6.43. The van der Waals surface area contributed by atoms with E-state index >= 15 is 0 Å². The van der Waals surface area contributed by atoms with Gasteiger partial charge in [-0.3, -0.25) is 0 Å². The van der Waals surface area contributed by atoms with Gasteiger partial charge in [0.25, 0.3) is 0 Å². The van der Waals surface area contributed by atoms with Crippen molar-refractivity contribution in [2.75, 3.05) is 0 Å². The highest BCUT2D eigenvalue weighted by Gasteiger charge is 2.18. The first-order chi connectivity index (χ1) is 23.3. The van der Waals surface area contributed by atoms with Crippen LogP contribution in [0, 0.1) is 0 Å². The molecule has 220 valence electrons. The minimum Gasteiger partial charge on any atom is -0.455 e. The fourth-order valence-corrected chi connectivity index (χ4v) is 6.34. The quantitative estimate of drug-likeness (QED) is 0.197. The maximum Gasteiger partial charge on any atom is 0.160 e. The van der Waals surface area contributed by atoms with Crippen molar-refractivity contribution in [3.8, 4) is 56.3 Å². The summed E-state index contributed by atoms with van der Waals surface area (Å²) in [6.45, 7) is 0. The number of fused-ring (bicyclic) bond motifs is 5. The van der Waals surface area contributed by atoms with E-state index in [1.807, 2.05) is 60.7 Å². The van der Waals surface area contributed by atoms with Crippen molar-refractivity contribution in [3.63, 3.8) is 0 Å². The van der Waals surface area contributed by atoms with Gasteiger partial charge in [-0.15, -0.1) is 0 Å². The van der Waals surface area contributed by atoms with Gasteiger partial charge in [-0.2, -0.15) is 0 Å². The molecule has 0 aliphatic carbocycles. The summed E-state index contributed by atoms with van der Waals surface area (Å²) < 4.78 is 6.40. The third kappa shape index (κ3) is 4.84. The van der Waals surface area contributed by atoms with Crippen molar-refractivity contribution in [1.82, 2.24) is 15.0 Å². The highest BCUT2D eigenvalue weighted by molar-refractivity contribution is 6.19. The minimum absolute atomic E-state index is 0.672. The zero-order valence-electron chi connectivity index (χ0n) is 25.3. The number of hydrogen-bond donors (Lipinski definition) is 0. The summed E-state index contributed by atoms with van der Waals surface area (Å²) in [7, 11) is 0. The smallest absolute Gasteiger partial charge is 0.160 e. The maximum atomic E-state index is 6.40. The molecule has 9 aromatic rings. The van der Waals surface area contributed by atoms with Gasteiger partial charge in [-0.25, -0.2) is 15.0 Å². The van der Waals surface area contributed by atoms with Crippen LogP contribution in [0.2, 0.25) is 0 Å². The summed E-state index contributed by atoms with van der Waals surface area (Å²) >= 11 is 0. The van der Waals surface area contributed by atoms with Crippen molar-refractivity contribution in [1.29, 1.82) is 0 Å². The predicted molar refractivity (Wildman–Crippen MR) is 192 cm³/mol. The third-order valence-electron chi connectivity index (χ3n) is 8.71. The molecule has 0 N–H and O–H groups in total. The van der Waals surface area contributed by atoms with Crippen molar-refractivity contribution < 1.29 is 4.42 Å². The van der Waals surface area contributed by atoms with Crippen LogP contribution in [-0.2, 0) is 0 Å². The maximum absolute atomic E-state index is 6.40. The van der Waals surface area contributed by atoms with Crippen molar-refractivity contribution in [2.24, 2.45) is 0 Å². The molecule has 47 heavy (non-hydrogen) atoms. The molecule has 0 fully saturated rings. The van der Waals surface area contributed by atoms with Crippen LogP contribution in [0.15, 0.2) is 168 Å². The lowest BCUT2D eigenvalue weighted by Crippen LogP contribution is -1.96. The van der Waals surface area contributed by atoms with Crippen molar-refractivity contribution in [3.05, 3.63) is 164 Å². The minimum atomic E-state index is 0.672. The standard InChI is InChI=1S/C43H27N3O/c1-3-11-28(12-4-1)29-19-21-31(22-20-29)38-27-37(30-13-5-2-6-14-30)45-43(46-38)33-25-23-32(24-26-33)41-40-35-16-8-10-18-39(35)47-42(40)34-15-7-9-17-36(34)44-41/h1-27H. The fourth-order valence-electron chi connectivity index (χ4n) is 6.34. The molecular weight excluding hydrogens is 574 g/mol. The molecular formula is C43H27N3O. The highest BCUT2D eigenvalue weighted by atomic mass is 16.3. The first kappa shape index (κ1) is 27.0. The molecule has 4 heteroatoms. The van der Waals surface area contributed by atoms with Gasteiger partial charge in [-0.05, 0) is 35.4 Å². The van der Waals surface area contributed by atoms with Gasteiger partial charge in [0.15, 0.2) is 5.82 Å². The van der Waals surface area contributed by atoms with E-state index in [2.05, 4.69) is 103 Å². The molecule has 0 saturated heterocycles. The Balaban J connectivity index is 1.16. The second-order valence-electron chi connectivity index (χ2n) is 11.6. The molecule has 0 spiro atoms. The molecule has 0 radical (unpaired) electrons. The monoisotopic (exact) mass is 601 g/mol. The fraction of sp³-hybridized carbons (Fsp3) is 0. The number of pyridine rings is 1. The van der Waals surface area contributed by atoms with E-state index in [1.165, 1.54) is 11.1 Å². The molecule has 0 atom stereocenters. The lowest BCUT2D eigenvalue weighted by atomic mass is 10.0. The Labute approximate surface area is 271 Å². The Hall–Kier alpha value is -6.39. The average Bonchev–Trinajstić information content (AvgIpc) is 3.55. The molecule has 0 aliphatic rings. The second kappa shape index (κ2) is 11.2. The summed E-state index contributed by atoms with van der Waals surface area (Å²) in [6.07, 6.45) is 0. The van der Waals surface area contributed by atoms with Gasteiger partial charge >= 0.3 is 0 Å². The average molecular weight is 602 g/mol. The summed E-state index contributed by atoms with van der Waals surface area (Å²) in [5.74, 6) is 0.672. The second-order valence-corrected chi connectivity index (χ2v) is 11.6. The molecule has 0 bridgehead atoms. The van der Waals surface area contributed by atoms with E-state index in [9.17, 15) is 0 Å². The van der Waals surface area contributed by atoms with E-state index in [-0.39, 0.29) is 0 Å². The molecule has 0 aliphatic heterocycles. The molecule has 9 rings (SSSR count). The van der Waals surface area contributed by atoms with Crippen LogP contribution < -0.4 is 0 Å². The van der Waals surface area contributed by atoms with Gasteiger partial charge in [0.2, 0.25) is 0 Å². The molecule has 3 aromatic heterocycles. The van der Waals surface area contributed by atoms with Gasteiger partial charge < -0.3 is 4.42 Å². The lowest BCUT2D eigenvalue weighted by molar-refractivity contribution is 0.672. The Morgan fingerprint density at radius 3 is 1.62 bits per heavy atom. The molecule has 0 unspecified atom stereocenters. The van der Waals surface area contributed by atoms with Crippen LogP contribution in [0.25, 0.3) is 89.1 Å². The van der Waals surface area contributed by atoms with Crippen LogP contribution in [-0.4, -0.2) is 15.0 Å². The van der Waals surface area contributed by atoms with Crippen LogP contribution in [0.1, 0.15) is 0 Å². The van der Waals surface area contributed by atoms with E-state index < -0.39 is 0 Å². The summed E-state index contributed by atoms with van der Waals surface area (Å²) in [4.78, 5) is 15.3. The van der Waals surface area contributed by atoms with Crippen LogP contribution >= 0.6 is 0 Å². The summed E-state index contributed by atoms with van der Waals surface area (Å²) in [5, 5.41) is 3.09. The van der Waals surface area contributed by atoms with E-state index in [0.29, 0.717) is 5.82 Å². The Morgan fingerprint density at radius 2 is 0.894 bits per heavy atom. The molecule has 3 heterocycles. The number of aromatic nitrogens is 3. The number of rotatable bonds is 5. The first-order valence-corrected chi connectivity index (χ1v) is 15.7. The number of nitrogens with zero attached hydrogens (tertiary/aromatic N) is 3.